The highest BCUT2D eigenvalue weighted by Crippen LogP contribution is 2.01. The van der Waals surface area contributed by atoms with Crippen molar-refractivity contribution in [3.05, 3.63) is 0 Å². The van der Waals surface area contributed by atoms with Crippen LogP contribution in [0.4, 0.5) is 4.79 Å². The second-order valence-electron chi connectivity index (χ2n) is 4.26. The van der Waals surface area contributed by atoms with Crippen molar-refractivity contribution in [1.29, 1.82) is 0 Å². The molecular weight excluding hydrogens is 304 g/mol. The molecule has 2 atom stereocenters. The quantitative estimate of drug-likeness (QED) is 0.290. The Morgan fingerprint density at radius 3 is 1.23 bits per heavy atom. The lowest BCUT2D eigenvalue weighted by molar-refractivity contribution is -0.141. The van der Waals surface area contributed by atoms with Crippen LogP contribution in [0.2, 0.25) is 0 Å². The maximum atomic E-state index is 11.5. The molecule has 0 saturated carbocycles. The van der Waals surface area contributed by atoms with Gasteiger partial charge in [-0.05, 0) is 12.8 Å². The number of hydrogen-bond acceptors (Lipinski definition) is 5. The highest BCUT2D eigenvalue weighted by molar-refractivity contribution is 5.86. The minimum Gasteiger partial charge on any atom is -0.481 e. The Labute approximate surface area is 123 Å². The molecule has 0 fully saturated rings. The van der Waals surface area contributed by atoms with E-state index < -0.39 is 54.8 Å². The Balaban J connectivity index is 4.57. The van der Waals surface area contributed by atoms with Crippen LogP contribution < -0.4 is 10.6 Å². The lowest BCUT2D eigenvalue weighted by atomic mass is 10.1. The van der Waals surface area contributed by atoms with Crippen LogP contribution in [-0.4, -0.2) is 62.4 Å². The first-order valence-corrected chi connectivity index (χ1v) is 6.09. The zero-order chi connectivity index (χ0) is 17.3. The van der Waals surface area contributed by atoms with E-state index in [0.717, 1.165) is 0 Å². The number of amides is 2. The van der Waals surface area contributed by atoms with Gasteiger partial charge in [0.1, 0.15) is 12.1 Å². The third-order valence-electron chi connectivity index (χ3n) is 2.50. The molecule has 0 saturated heterocycles. The fourth-order valence-corrected chi connectivity index (χ4v) is 1.41. The maximum Gasteiger partial charge on any atom is 0.326 e. The first-order valence-electron chi connectivity index (χ1n) is 6.09. The third-order valence-corrected chi connectivity index (χ3v) is 2.50. The van der Waals surface area contributed by atoms with E-state index in [9.17, 15) is 24.0 Å². The standard InChI is InChI=1S/C11H16N2O9/c14-7(15)3-1-5(9(18)19)12-11(22)13-6(10(20)21)2-4-8(16)17/h5-6H,1-4H2,(H,14,15)(H,16,17)(H,18,19)(H,20,21)(H2,12,13,22)/t5-,6+. The molecular formula is C11H16N2O9. The minimum absolute atomic E-state index is 0.384. The van der Waals surface area contributed by atoms with Gasteiger partial charge in [0.05, 0.1) is 0 Å². The average Bonchev–Trinajstić information content (AvgIpc) is 2.38. The zero-order valence-electron chi connectivity index (χ0n) is 11.3. The van der Waals surface area contributed by atoms with E-state index in [2.05, 4.69) is 0 Å². The van der Waals surface area contributed by atoms with E-state index in [4.69, 9.17) is 20.4 Å². The fraction of sp³-hybridized carbons (Fsp3) is 0.545. The Bertz CT molecular complexity index is 422. The van der Waals surface area contributed by atoms with Crippen LogP contribution in [0, 0.1) is 0 Å². The van der Waals surface area contributed by atoms with Gasteiger partial charge >= 0.3 is 29.9 Å². The third kappa shape index (κ3) is 8.35. The highest BCUT2D eigenvalue weighted by Gasteiger charge is 2.25. The van der Waals surface area contributed by atoms with E-state index >= 15 is 0 Å². The molecule has 0 rings (SSSR count). The molecule has 0 aliphatic heterocycles. The first kappa shape index (κ1) is 19.1. The summed E-state index contributed by atoms with van der Waals surface area (Å²) in [5.41, 5.74) is 0. The van der Waals surface area contributed by atoms with Crippen LogP contribution in [0.5, 0.6) is 0 Å². The van der Waals surface area contributed by atoms with Gasteiger partial charge < -0.3 is 31.1 Å². The molecule has 0 aliphatic carbocycles. The van der Waals surface area contributed by atoms with Gasteiger partial charge in [-0.2, -0.15) is 0 Å². The largest absolute Gasteiger partial charge is 0.481 e. The van der Waals surface area contributed by atoms with Crippen LogP contribution in [0.3, 0.4) is 0 Å². The molecule has 0 unspecified atom stereocenters. The first-order chi connectivity index (χ1) is 10.1. The van der Waals surface area contributed by atoms with Crippen molar-refractivity contribution < 1.29 is 44.4 Å². The van der Waals surface area contributed by atoms with Gasteiger partial charge in [-0.25, -0.2) is 14.4 Å². The van der Waals surface area contributed by atoms with Crippen molar-refractivity contribution in [3.63, 3.8) is 0 Å². The molecule has 0 aromatic rings. The van der Waals surface area contributed by atoms with Crippen LogP contribution in [-0.2, 0) is 19.2 Å². The summed E-state index contributed by atoms with van der Waals surface area (Å²) in [5, 5.41) is 38.4. The van der Waals surface area contributed by atoms with Gasteiger partial charge in [-0.1, -0.05) is 0 Å². The van der Waals surface area contributed by atoms with Gasteiger partial charge in [0, 0.05) is 12.8 Å². The number of nitrogens with one attached hydrogen (secondary N) is 2. The highest BCUT2D eigenvalue weighted by atomic mass is 16.4. The zero-order valence-corrected chi connectivity index (χ0v) is 11.3. The maximum absolute atomic E-state index is 11.5. The SMILES string of the molecule is O=C(O)CC[C@H](NC(=O)N[C@H](CCC(=O)O)C(=O)O)C(=O)O. The monoisotopic (exact) mass is 320 g/mol. The lowest BCUT2D eigenvalue weighted by Gasteiger charge is -2.17. The van der Waals surface area contributed by atoms with Crippen LogP contribution in [0.15, 0.2) is 0 Å². The summed E-state index contributed by atoms with van der Waals surface area (Å²) in [6.07, 6.45) is -1.77. The molecule has 6 N–H and O–H groups in total. The number of carbonyl (C=O) groups is 5. The average molecular weight is 320 g/mol. The van der Waals surface area contributed by atoms with Gasteiger partial charge in [-0.3, -0.25) is 9.59 Å². The molecule has 0 bridgehead atoms. The van der Waals surface area contributed by atoms with Crippen molar-refractivity contribution in [1.82, 2.24) is 10.6 Å². The van der Waals surface area contributed by atoms with E-state index in [1.54, 1.807) is 0 Å². The molecule has 0 spiro atoms. The molecule has 2 amide bonds. The number of carbonyl (C=O) groups excluding carboxylic acids is 1. The predicted molar refractivity (Wildman–Crippen MR) is 68.3 cm³/mol. The molecule has 11 nitrogen and oxygen atoms in total. The van der Waals surface area contributed by atoms with E-state index in [-0.39, 0.29) is 12.8 Å². The summed E-state index contributed by atoms with van der Waals surface area (Å²) in [4.78, 5) is 54.0. The van der Waals surface area contributed by atoms with Crippen molar-refractivity contribution in [2.24, 2.45) is 0 Å². The minimum atomic E-state index is -1.51. The Morgan fingerprint density at radius 2 is 1.00 bits per heavy atom. The smallest absolute Gasteiger partial charge is 0.326 e. The van der Waals surface area contributed by atoms with E-state index in [1.807, 2.05) is 10.6 Å². The summed E-state index contributed by atoms with van der Waals surface area (Å²) >= 11 is 0. The topological polar surface area (TPSA) is 190 Å². The summed E-state index contributed by atoms with van der Waals surface area (Å²) in [7, 11) is 0. The fourth-order valence-electron chi connectivity index (χ4n) is 1.41. The normalized spacial score (nSPS) is 12.7. The summed E-state index contributed by atoms with van der Waals surface area (Å²) < 4.78 is 0. The van der Waals surface area contributed by atoms with Crippen molar-refractivity contribution in [2.45, 2.75) is 37.8 Å². The van der Waals surface area contributed by atoms with Gasteiger partial charge in [0.15, 0.2) is 0 Å². The molecule has 124 valence electrons. The van der Waals surface area contributed by atoms with Gasteiger partial charge in [0.2, 0.25) is 0 Å². The number of carboxylic acids is 4. The summed E-state index contributed by atoms with van der Waals surface area (Å²) in [6.45, 7) is 0. The van der Waals surface area contributed by atoms with Gasteiger partial charge in [0.25, 0.3) is 0 Å². The number of rotatable bonds is 10. The molecule has 0 aliphatic rings. The molecule has 0 radical (unpaired) electrons. The number of urea groups is 1. The molecule has 0 aromatic carbocycles. The van der Waals surface area contributed by atoms with Gasteiger partial charge in [-0.15, -0.1) is 0 Å². The van der Waals surface area contributed by atoms with E-state index in [1.165, 1.54) is 0 Å². The molecule has 11 heteroatoms. The Morgan fingerprint density at radius 1 is 0.682 bits per heavy atom. The number of hydrogen-bond donors (Lipinski definition) is 6. The number of aliphatic carboxylic acids is 4. The number of carboxylic acid groups (broad SMARTS) is 4. The van der Waals surface area contributed by atoms with Crippen LogP contribution in [0.25, 0.3) is 0 Å². The van der Waals surface area contributed by atoms with E-state index in [0.29, 0.717) is 0 Å². The summed E-state index contributed by atoms with van der Waals surface area (Å²) in [5.74, 6) is -5.46. The van der Waals surface area contributed by atoms with Crippen LogP contribution >= 0.6 is 0 Å². The second-order valence-corrected chi connectivity index (χ2v) is 4.26. The van der Waals surface area contributed by atoms with Crippen molar-refractivity contribution in [2.75, 3.05) is 0 Å². The molecule has 0 aromatic heterocycles. The van der Waals surface area contributed by atoms with Crippen LogP contribution in [0.1, 0.15) is 25.7 Å². The Hall–Kier alpha value is -2.85. The van der Waals surface area contributed by atoms with Crippen molar-refractivity contribution in [3.8, 4) is 0 Å². The lowest BCUT2D eigenvalue weighted by Crippen LogP contribution is -2.51. The van der Waals surface area contributed by atoms with Crippen molar-refractivity contribution >= 4 is 29.9 Å². The Kier molecular flexibility index (Phi) is 7.97. The second kappa shape index (κ2) is 9.15. The predicted octanol–water partition coefficient (Wildman–Crippen LogP) is -1.08. The molecule has 22 heavy (non-hydrogen) atoms. The summed E-state index contributed by atoms with van der Waals surface area (Å²) in [6, 6.07) is -4.16. The molecule has 0 heterocycles.